The molecule has 1 fully saturated rings. The molecule has 0 saturated carbocycles. The van der Waals surface area contributed by atoms with E-state index in [0.717, 1.165) is 18.7 Å². The van der Waals surface area contributed by atoms with Gasteiger partial charge in [0.15, 0.2) is 5.84 Å². The van der Waals surface area contributed by atoms with Gasteiger partial charge in [-0.25, -0.2) is 0 Å². The first-order valence-corrected chi connectivity index (χ1v) is 6.30. The SMILES string of the molecule is CC1(C)CN(Cc2cccnc2C(N)=NO)CCO1. The standard InChI is InChI=1S/C13H20N4O2/c1-13(2)9-17(6-7-19-13)8-10-4-3-5-15-11(10)12(14)16-18/h3-5,18H,6-9H2,1-2H3,(H2,14,16). The lowest BCUT2D eigenvalue weighted by molar-refractivity contribution is -0.0883. The van der Waals surface area contributed by atoms with Gasteiger partial charge in [-0.3, -0.25) is 9.88 Å². The maximum Gasteiger partial charge on any atom is 0.189 e. The summed E-state index contributed by atoms with van der Waals surface area (Å²) in [6, 6.07) is 3.80. The third kappa shape index (κ3) is 3.42. The van der Waals surface area contributed by atoms with Crippen molar-refractivity contribution in [3.05, 3.63) is 29.6 Å². The molecule has 0 aromatic carbocycles. The van der Waals surface area contributed by atoms with E-state index in [4.69, 9.17) is 15.7 Å². The zero-order valence-electron chi connectivity index (χ0n) is 11.3. The number of oxime groups is 1. The van der Waals surface area contributed by atoms with E-state index < -0.39 is 0 Å². The van der Waals surface area contributed by atoms with E-state index in [0.29, 0.717) is 18.8 Å². The molecular formula is C13H20N4O2. The highest BCUT2D eigenvalue weighted by atomic mass is 16.5. The Balaban J connectivity index is 2.15. The molecule has 2 rings (SSSR count). The molecule has 0 radical (unpaired) electrons. The van der Waals surface area contributed by atoms with Gasteiger partial charge in [0.25, 0.3) is 0 Å². The van der Waals surface area contributed by atoms with Crippen molar-refractivity contribution in [2.45, 2.75) is 26.0 Å². The third-order valence-corrected chi connectivity index (χ3v) is 3.14. The second-order valence-electron chi connectivity index (χ2n) is 5.32. The molecule has 0 atom stereocenters. The number of hydrogen-bond acceptors (Lipinski definition) is 5. The lowest BCUT2D eigenvalue weighted by atomic mass is 10.1. The van der Waals surface area contributed by atoms with Crippen molar-refractivity contribution in [2.75, 3.05) is 19.7 Å². The summed E-state index contributed by atoms with van der Waals surface area (Å²) in [5.74, 6) is 0.0446. The molecule has 1 aromatic heterocycles. The lowest BCUT2D eigenvalue weighted by Gasteiger charge is -2.38. The normalized spacial score (nSPS) is 20.4. The molecule has 1 aromatic rings. The predicted octanol–water partition coefficient (Wildman–Crippen LogP) is 0.787. The van der Waals surface area contributed by atoms with Crippen LogP contribution in [0.25, 0.3) is 0 Å². The van der Waals surface area contributed by atoms with Gasteiger partial charge in [0, 0.05) is 25.8 Å². The molecule has 104 valence electrons. The van der Waals surface area contributed by atoms with Crippen molar-refractivity contribution in [2.24, 2.45) is 10.9 Å². The Morgan fingerprint density at radius 1 is 1.63 bits per heavy atom. The Morgan fingerprint density at radius 3 is 3.11 bits per heavy atom. The van der Waals surface area contributed by atoms with E-state index in [-0.39, 0.29) is 11.4 Å². The molecule has 2 heterocycles. The molecule has 1 aliphatic rings. The summed E-state index contributed by atoms with van der Waals surface area (Å²) in [6.07, 6.45) is 1.64. The van der Waals surface area contributed by atoms with Gasteiger partial charge in [0.1, 0.15) is 5.69 Å². The van der Waals surface area contributed by atoms with Crippen LogP contribution < -0.4 is 5.73 Å². The largest absolute Gasteiger partial charge is 0.409 e. The number of aromatic nitrogens is 1. The van der Waals surface area contributed by atoms with E-state index in [1.165, 1.54) is 0 Å². The van der Waals surface area contributed by atoms with Crippen LogP contribution in [0, 0.1) is 0 Å². The Kier molecular flexibility index (Phi) is 4.01. The molecule has 0 spiro atoms. The van der Waals surface area contributed by atoms with E-state index >= 15 is 0 Å². The molecule has 0 bridgehead atoms. The summed E-state index contributed by atoms with van der Waals surface area (Å²) in [7, 11) is 0. The molecule has 19 heavy (non-hydrogen) atoms. The smallest absolute Gasteiger partial charge is 0.189 e. The van der Waals surface area contributed by atoms with Gasteiger partial charge in [0.2, 0.25) is 0 Å². The minimum atomic E-state index is -0.142. The van der Waals surface area contributed by atoms with Gasteiger partial charge >= 0.3 is 0 Å². The Labute approximate surface area is 112 Å². The Hall–Kier alpha value is -1.66. The molecule has 0 unspecified atom stereocenters. The van der Waals surface area contributed by atoms with Crippen LogP contribution in [-0.2, 0) is 11.3 Å². The van der Waals surface area contributed by atoms with Crippen LogP contribution in [0.3, 0.4) is 0 Å². The Morgan fingerprint density at radius 2 is 2.42 bits per heavy atom. The molecule has 3 N–H and O–H groups in total. The lowest BCUT2D eigenvalue weighted by Crippen LogP contribution is -2.47. The first-order valence-electron chi connectivity index (χ1n) is 6.30. The van der Waals surface area contributed by atoms with E-state index in [9.17, 15) is 0 Å². The fourth-order valence-corrected chi connectivity index (χ4v) is 2.33. The maximum absolute atomic E-state index is 8.79. The highest BCUT2D eigenvalue weighted by Crippen LogP contribution is 2.19. The first-order chi connectivity index (χ1) is 9.02. The molecule has 0 aliphatic carbocycles. The van der Waals surface area contributed by atoms with Crippen LogP contribution in [0.1, 0.15) is 25.1 Å². The summed E-state index contributed by atoms with van der Waals surface area (Å²) >= 11 is 0. The molecule has 6 nitrogen and oxygen atoms in total. The van der Waals surface area contributed by atoms with Crippen molar-refractivity contribution >= 4 is 5.84 Å². The monoisotopic (exact) mass is 264 g/mol. The summed E-state index contributed by atoms with van der Waals surface area (Å²) in [6.45, 7) is 7.30. The quantitative estimate of drug-likeness (QED) is 0.365. The van der Waals surface area contributed by atoms with E-state index in [1.54, 1.807) is 6.20 Å². The van der Waals surface area contributed by atoms with Crippen LogP contribution in [-0.4, -0.2) is 46.2 Å². The van der Waals surface area contributed by atoms with Crippen LogP contribution >= 0.6 is 0 Å². The topological polar surface area (TPSA) is 84.0 Å². The molecule has 1 aliphatic heterocycles. The Bertz CT molecular complexity index is 473. The summed E-state index contributed by atoms with van der Waals surface area (Å²) in [4.78, 5) is 6.46. The first kappa shape index (κ1) is 13.8. The van der Waals surface area contributed by atoms with Crippen LogP contribution in [0.5, 0.6) is 0 Å². The zero-order chi connectivity index (χ0) is 13.9. The summed E-state index contributed by atoms with van der Waals surface area (Å²) in [5.41, 5.74) is 7.00. The van der Waals surface area contributed by atoms with Crippen molar-refractivity contribution in [1.29, 1.82) is 0 Å². The predicted molar refractivity (Wildman–Crippen MR) is 72.1 cm³/mol. The molecular weight excluding hydrogens is 244 g/mol. The van der Waals surface area contributed by atoms with Crippen LogP contribution in [0.2, 0.25) is 0 Å². The van der Waals surface area contributed by atoms with E-state index in [1.807, 2.05) is 12.1 Å². The number of pyridine rings is 1. The van der Waals surface area contributed by atoms with Crippen LogP contribution in [0.15, 0.2) is 23.5 Å². The highest BCUT2D eigenvalue weighted by Gasteiger charge is 2.27. The fraction of sp³-hybridized carbons (Fsp3) is 0.538. The van der Waals surface area contributed by atoms with Gasteiger partial charge in [-0.05, 0) is 25.5 Å². The minimum Gasteiger partial charge on any atom is -0.409 e. The van der Waals surface area contributed by atoms with Crippen molar-refractivity contribution < 1.29 is 9.94 Å². The second-order valence-corrected chi connectivity index (χ2v) is 5.32. The third-order valence-electron chi connectivity index (χ3n) is 3.14. The van der Waals surface area contributed by atoms with Gasteiger partial charge in [-0.2, -0.15) is 0 Å². The minimum absolute atomic E-state index is 0.0446. The number of hydrogen-bond donors (Lipinski definition) is 2. The summed E-state index contributed by atoms with van der Waals surface area (Å²) < 4.78 is 5.69. The number of nitrogens with zero attached hydrogens (tertiary/aromatic N) is 3. The average Bonchev–Trinajstić information content (AvgIpc) is 2.37. The van der Waals surface area contributed by atoms with Crippen molar-refractivity contribution in [3.8, 4) is 0 Å². The number of nitrogens with two attached hydrogens (primary N) is 1. The van der Waals surface area contributed by atoms with Gasteiger partial charge in [-0.15, -0.1) is 0 Å². The van der Waals surface area contributed by atoms with Crippen molar-refractivity contribution in [3.63, 3.8) is 0 Å². The van der Waals surface area contributed by atoms with Gasteiger partial charge < -0.3 is 15.7 Å². The maximum atomic E-state index is 8.79. The number of morpholine rings is 1. The van der Waals surface area contributed by atoms with E-state index in [2.05, 4.69) is 28.9 Å². The number of amidine groups is 1. The molecule has 6 heteroatoms. The zero-order valence-corrected chi connectivity index (χ0v) is 11.3. The molecule has 1 saturated heterocycles. The van der Waals surface area contributed by atoms with Crippen molar-refractivity contribution in [1.82, 2.24) is 9.88 Å². The van der Waals surface area contributed by atoms with Gasteiger partial charge in [-0.1, -0.05) is 11.2 Å². The average molecular weight is 264 g/mol. The molecule has 0 amide bonds. The summed E-state index contributed by atoms with van der Waals surface area (Å²) in [5, 5.41) is 11.8. The van der Waals surface area contributed by atoms with Crippen LogP contribution in [0.4, 0.5) is 0 Å². The second kappa shape index (κ2) is 5.54. The number of rotatable bonds is 3. The number of ether oxygens (including phenoxy) is 1. The highest BCUT2D eigenvalue weighted by molar-refractivity contribution is 5.96. The fourth-order valence-electron chi connectivity index (χ4n) is 2.33. The van der Waals surface area contributed by atoms with Gasteiger partial charge in [0.05, 0.1) is 12.2 Å².